The van der Waals surface area contributed by atoms with Crippen molar-refractivity contribution in [3.8, 4) is 11.1 Å². The van der Waals surface area contributed by atoms with Crippen molar-refractivity contribution >= 4 is 27.4 Å². The van der Waals surface area contributed by atoms with Gasteiger partial charge in [-0.15, -0.1) is 11.3 Å². The predicted octanol–water partition coefficient (Wildman–Crippen LogP) is 3.30. The monoisotopic (exact) mass is 329 g/mol. The molecule has 2 N–H and O–H groups in total. The number of thiophene rings is 1. The highest BCUT2D eigenvalue weighted by atomic mass is 32.1. The Kier molecular flexibility index (Phi) is 4.85. The standard InChI is InChI=1S/C17H19N3O2S/c1-11(21)8-18-16-15-13(12-6-4-3-5-7-12)10-23-17(15)20-14(19-16)9-22-2/h3-7,10-11,21H,8-9H2,1-2H3,(H,18,19,20). The molecular formula is C17H19N3O2S. The first-order valence-electron chi connectivity index (χ1n) is 7.43. The number of hydrogen-bond acceptors (Lipinski definition) is 6. The number of nitrogens with zero attached hydrogens (tertiary/aromatic N) is 2. The first-order chi connectivity index (χ1) is 11.2. The highest BCUT2D eigenvalue weighted by Crippen LogP contribution is 2.36. The second kappa shape index (κ2) is 7.04. The zero-order chi connectivity index (χ0) is 16.2. The molecule has 0 radical (unpaired) electrons. The van der Waals surface area contributed by atoms with E-state index in [1.165, 1.54) is 0 Å². The van der Waals surface area contributed by atoms with E-state index in [9.17, 15) is 5.11 Å². The highest BCUT2D eigenvalue weighted by Gasteiger charge is 2.15. The molecule has 0 bridgehead atoms. The van der Waals surface area contributed by atoms with Crippen LogP contribution >= 0.6 is 11.3 Å². The number of rotatable bonds is 6. The molecule has 0 saturated carbocycles. The molecule has 0 aliphatic rings. The molecule has 0 fully saturated rings. The third kappa shape index (κ3) is 3.50. The van der Waals surface area contributed by atoms with Gasteiger partial charge in [0.1, 0.15) is 17.3 Å². The quantitative estimate of drug-likeness (QED) is 0.726. The summed E-state index contributed by atoms with van der Waals surface area (Å²) in [6, 6.07) is 10.2. The van der Waals surface area contributed by atoms with Gasteiger partial charge in [-0.2, -0.15) is 0 Å². The van der Waals surface area contributed by atoms with Crippen LogP contribution in [0.25, 0.3) is 21.3 Å². The Balaban J connectivity index is 2.12. The molecule has 2 aromatic heterocycles. The number of nitrogens with one attached hydrogen (secondary N) is 1. The zero-order valence-corrected chi connectivity index (χ0v) is 13.9. The molecule has 3 aromatic rings. The minimum absolute atomic E-state index is 0.359. The molecule has 1 atom stereocenters. The molecule has 2 heterocycles. The van der Waals surface area contributed by atoms with Crippen molar-refractivity contribution in [2.24, 2.45) is 0 Å². The molecule has 120 valence electrons. The average Bonchev–Trinajstić information content (AvgIpc) is 2.98. The first-order valence-corrected chi connectivity index (χ1v) is 8.31. The summed E-state index contributed by atoms with van der Waals surface area (Å²) >= 11 is 1.59. The summed E-state index contributed by atoms with van der Waals surface area (Å²) in [5.41, 5.74) is 2.23. The van der Waals surface area contributed by atoms with E-state index in [0.29, 0.717) is 19.0 Å². The van der Waals surface area contributed by atoms with E-state index in [1.807, 2.05) is 18.2 Å². The molecule has 5 nitrogen and oxygen atoms in total. The Hall–Kier alpha value is -2.02. The summed E-state index contributed by atoms with van der Waals surface area (Å²) in [6.07, 6.45) is -0.454. The highest BCUT2D eigenvalue weighted by molar-refractivity contribution is 7.17. The van der Waals surface area contributed by atoms with Crippen LogP contribution in [-0.2, 0) is 11.3 Å². The summed E-state index contributed by atoms with van der Waals surface area (Å²) in [6.45, 7) is 2.54. The van der Waals surface area contributed by atoms with E-state index in [4.69, 9.17) is 4.74 Å². The number of hydrogen-bond donors (Lipinski definition) is 2. The van der Waals surface area contributed by atoms with Crippen LogP contribution in [0.2, 0.25) is 0 Å². The number of aromatic nitrogens is 2. The maximum atomic E-state index is 9.57. The Morgan fingerprint density at radius 1 is 1.26 bits per heavy atom. The SMILES string of the molecule is COCc1nc(NCC(C)O)c2c(-c3ccccc3)csc2n1. The van der Waals surface area contributed by atoms with Crippen LogP contribution in [0.5, 0.6) is 0 Å². The van der Waals surface area contributed by atoms with E-state index >= 15 is 0 Å². The first kappa shape index (κ1) is 15.9. The van der Waals surface area contributed by atoms with Crippen LogP contribution in [0.3, 0.4) is 0 Å². The number of fused-ring (bicyclic) bond motifs is 1. The Morgan fingerprint density at radius 2 is 2.04 bits per heavy atom. The van der Waals surface area contributed by atoms with Crippen LogP contribution in [0.15, 0.2) is 35.7 Å². The smallest absolute Gasteiger partial charge is 0.158 e. The van der Waals surface area contributed by atoms with Crippen LogP contribution in [0, 0.1) is 0 Å². The summed E-state index contributed by atoms with van der Waals surface area (Å²) in [5.74, 6) is 1.37. The molecule has 0 aliphatic carbocycles. The molecule has 23 heavy (non-hydrogen) atoms. The molecular weight excluding hydrogens is 310 g/mol. The lowest BCUT2D eigenvalue weighted by molar-refractivity contribution is 0.178. The predicted molar refractivity (Wildman–Crippen MR) is 93.7 cm³/mol. The van der Waals surface area contributed by atoms with E-state index in [0.717, 1.165) is 27.2 Å². The number of methoxy groups -OCH3 is 1. The van der Waals surface area contributed by atoms with Gasteiger partial charge in [-0.05, 0) is 12.5 Å². The zero-order valence-electron chi connectivity index (χ0n) is 13.1. The van der Waals surface area contributed by atoms with Gasteiger partial charge < -0.3 is 15.2 Å². The summed E-state index contributed by atoms with van der Waals surface area (Å²) in [7, 11) is 1.63. The lowest BCUT2D eigenvalue weighted by atomic mass is 10.1. The molecule has 1 aromatic carbocycles. The van der Waals surface area contributed by atoms with Crippen molar-refractivity contribution in [1.82, 2.24) is 9.97 Å². The minimum Gasteiger partial charge on any atom is -0.392 e. The number of benzene rings is 1. The van der Waals surface area contributed by atoms with Crippen molar-refractivity contribution in [2.45, 2.75) is 19.6 Å². The Morgan fingerprint density at radius 3 is 2.74 bits per heavy atom. The maximum absolute atomic E-state index is 9.57. The fraction of sp³-hybridized carbons (Fsp3) is 0.294. The molecule has 0 spiro atoms. The largest absolute Gasteiger partial charge is 0.392 e. The van der Waals surface area contributed by atoms with E-state index < -0.39 is 6.10 Å². The van der Waals surface area contributed by atoms with Gasteiger partial charge >= 0.3 is 0 Å². The minimum atomic E-state index is -0.454. The van der Waals surface area contributed by atoms with Crippen molar-refractivity contribution in [2.75, 3.05) is 19.0 Å². The van der Waals surface area contributed by atoms with Gasteiger partial charge in [-0.1, -0.05) is 30.3 Å². The fourth-order valence-corrected chi connectivity index (χ4v) is 3.35. The molecule has 0 aliphatic heterocycles. The van der Waals surface area contributed by atoms with Crippen molar-refractivity contribution in [3.05, 3.63) is 41.5 Å². The van der Waals surface area contributed by atoms with Gasteiger partial charge in [0.15, 0.2) is 5.82 Å². The summed E-state index contributed by atoms with van der Waals surface area (Å²) < 4.78 is 5.15. The van der Waals surface area contributed by atoms with Crippen LogP contribution < -0.4 is 5.32 Å². The normalized spacial score (nSPS) is 12.5. The third-order valence-corrected chi connectivity index (χ3v) is 4.28. The fourth-order valence-electron chi connectivity index (χ4n) is 2.38. The van der Waals surface area contributed by atoms with Gasteiger partial charge in [0.2, 0.25) is 0 Å². The van der Waals surface area contributed by atoms with Crippen LogP contribution in [0.1, 0.15) is 12.7 Å². The van der Waals surface area contributed by atoms with Crippen molar-refractivity contribution < 1.29 is 9.84 Å². The topological polar surface area (TPSA) is 67.3 Å². The summed E-state index contributed by atoms with van der Waals surface area (Å²) in [4.78, 5) is 10.1. The Bertz CT molecular complexity index is 787. The van der Waals surface area contributed by atoms with Gasteiger partial charge in [0.05, 0.1) is 11.5 Å². The van der Waals surface area contributed by atoms with E-state index in [-0.39, 0.29) is 0 Å². The number of anilines is 1. The second-order valence-electron chi connectivity index (χ2n) is 5.35. The van der Waals surface area contributed by atoms with E-state index in [2.05, 4.69) is 32.8 Å². The lowest BCUT2D eigenvalue weighted by Crippen LogP contribution is -2.17. The van der Waals surface area contributed by atoms with Gasteiger partial charge in [0, 0.05) is 24.6 Å². The molecule has 0 saturated heterocycles. The average molecular weight is 329 g/mol. The number of aliphatic hydroxyl groups is 1. The summed E-state index contributed by atoms with van der Waals surface area (Å²) in [5, 5.41) is 15.9. The van der Waals surface area contributed by atoms with Gasteiger partial charge in [-0.25, -0.2) is 9.97 Å². The van der Waals surface area contributed by atoms with Crippen molar-refractivity contribution in [3.63, 3.8) is 0 Å². The Labute approximate surface area is 139 Å². The van der Waals surface area contributed by atoms with Gasteiger partial charge in [-0.3, -0.25) is 0 Å². The second-order valence-corrected chi connectivity index (χ2v) is 6.21. The molecule has 6 heteroatoms. The third-order valence-electron chi connectivity index (χ3n) is 3.40. The molecule has 0 amide bonds. The van der Waals surface area contributed by atoms with Gasteiger partial charge in [0.25, 0.3) is 0 Å². The van der Waals surface area contributed by atoms with Crippen LogP contribution in [0.4, 0.5) is 5.82 Å². The maximum Gasteiger partial charge on any atom is 0.158 e. The van der Waals surface area contributed by atoms with Crippen molar-refractivity contribution in [1.29, 1.82) is 0 Å². The van der Waals surface area contributed by atoms with E-state index in [1.54, 1.807) is 25.4 Å². The van der Waals surface area contributed by atoms with Crippen LogP contribution in [-0.4, -0.2) is 34.8 Å². The number of ether oxygens (including phenoxy) is 1. The lowest BCUT2D eigenvalue weighted by Gasteiger charge is -2.11. The number of aliphatic hydroxyl groups excluding tert-OH is 1. The molecule has 1 unspecified atom stereocenters. The molecule has 3 rings (SSSR count).